The highest BCUT2D eigenvalue weighted by molar-refractivity contribution is 5.48. The number of fused-ring (bicyclic) bond motifs is 3. The molecule has 2 aromatic rings. The first kappa shape index (κ1) is 8.28. The molecule has 76 valence electrons. The molecule has 1 aromatic heterocycles. The Balaban J connectivity index is 2.38. The molecular formula is C10H9N3O2. The third-order valence-electron chi connectivity index (χ3n) is 2.45. The second-order valence-corrected chi connectivity index (χ2v) is 3.41. The number of ether oxygens (including phenoxy) is 1. The first-order valence-electron chi connectivity index (χ1n) is 4.64. The van der Waals surface area contributed by atoms with Gasteiger partial charge in [0.25, 0.3) is 0 Å². The Hall–Kier alpha value is -2.04. The van der Waals surface area contributed by atoms with Crippen molar-refractivity contribution < 1.29 is 4.74 Å². The molecule has 1 aromatic carbocycles. The van der Waals surface area contributed by atoms with Gasteiger partial charge in [-0.05, 0) is 12.1 Å². The summed E-state index contributed by atoms with van der Waals surface area (Å²) in [7, 11) is 1.64. The molecule has 0 bridgehead atoms. The predicted molar refractivity (Wildman–Crippen MR) is 53.1 cm³/mol. The molecule has 1 aliphatic rings. The Morgan fingerprint density at radius 3 is 3.07 bits per heavy atom. The zero-order chi connectivity index (χ0) is 10.4. The first-order chi connectivity index (χ1) is 7.27. The standard InChI is InChI=1S/C10H9N3O2/c1-12-10(14)13-7-4-2-3-5-8(7)15-6-9(13)11-12/h2-5H,6H2,1H3. The highest BCUT2D eigenvalue weighted by Crippen LogP contribution is 2.26. The van der Waals surface area contributed by atoms with Crippen LogP contribution in [0, 0.1) is 0 Å². The van der Waals surface area contributed by atoms with Crippen LogP contribution in [0.1, 0.15) is 5.82 Å². The fourth-order valence-corrected chi connectivity index (χ4v) is 1.76. The fraction of sp³-hybridized carbons (Fsp3) is 0.200. The van der Waals surface area contributed by atoms with E-state index in [2.05, 4.69) is 5.10 Å². The van der Waals surface area contributed by atoms with Crippen LogP contribution in [-0.2, 0) is 13.7 Å². The summed E-state index contributed by atoms with van der Waals surface area (Å²) in [5.74, 6) is 1.36. The number of hydrogen-bond donors (Lipinski definition) is 0. The minimum Gasteiger partial charge on any atom is -0.483 e. The molecule has 0 saturated heterocycles. The zero-order valence-electron chi connectivity index (χ0n) is 8.17. The minimum atomic E-state index is -0.138. The third kappa shape index (κ3) is 1.03. The number of aryl methyl sites for hydroxylation is 1. The van der Waals surface area contributed by atoms with Crippen LogP contribution < -0.4 is 10.4 Å². The van der Waals surface area contributed by atoms with E-state index >= 15 is 0 Å². The van der Waals surface area contributed by atoms with Crippen LogP contribution in [0.3, 0.4) is 0 Å². The van der Waals surface area contributed by atoms with Crippen molar-refractivity contribution in [2.45, 2.75) is 6.61 Å². The number of benzene rings is 1. The van der Waals surface area contributed by atoms with Crippen molar-refractivity contribution >= 4 is 0 Å². The van der Waals surface area contributed by atoms with Crippen LogP contribution in [0.25, 0.3) is 5.69 Å². The Labute approximate surface area is 85.5 Å². The van der Waals surface area contributed by atoms with Crippen molar-refractivity contribution in [1.29, 1.82) is 0 Å². The lowest BCUT2D eigenvalue weighted by Gasteiger charge is -2.16. The molecule has 1 aliphatic heterocycles. The highest BCUT2D eigenvalue weighted by Gasteiger charge is 2.21. The molecule has 2 heterocycles. The summed E-state index contributed by atoms with van der Waals surface area (Å²) in [5, 5.41) is 4.09. The average molecular weight is 203 g/mol. The number of hydrogen-bond acceptors (Lipinski definition) is 3. The van der Waals surface area contributed by atoms with Gasteiger partial charge in [-0.1, -0.05) is 12.1 Å². The van der Waals surface area contributed by atoms with Gasteiger partial charge in [-0.3, -0.25) is 0 Å². The molecular weight excluding hydrogens is 194 g/mol. The Bertz CT molecular complexity index is 583. The zero-order valence-corrected chi connectivity index (χ0v) is 8.17. The quantitative estimate of drug-likeness (QED) is 0.625. The highest BCUT2D eigenvalue weighted by atomic mass is 16.5. The molecule has 5 heteroatoms. The van der Waals surface area contributed by atoms with Gasteiger partial charge in [-0.25, -0.2) is 14.0 Å². The SMILES string of the molecule is Cn1nc2n(c1=O)-c1ccccc1OC2. The first-order valence-corrected chi connectivity index (χ1v) is 4.64. The van der Waals surface area contributed by atoms with Gasteiger partial charge in [-0.15, -0.1) is 0 Å². The molecule has 3 rings (SSSR count). The summed E-state index contributed by atoms with van der Waals surface area (Å²) in [6.07, 6.45) is 0. The maximum absolute atomic E-state index is 11.8. The smallest absolute Gasteiger partial charge is 0.350 e. The topological polar surface area (TPSA) is 49.0 Å². The lowest BCUT2D eigenvalue weighted by atomic mass is 10.2. The lowest BCUT2D eigenvalue weighted by Crippen LogP contribution is -2.24. The van der Waals surface area contributed by atoms with Crippen molar-refractivity contribution in [3.63, 3.8) is 0 Å². The fourth-order valence-electron chi connectivity index (χ4n) is 1.76. The molecule has 0 fully saturated rings. The van der Waals surface area contributed by atoms with E-state index in [9.17, 15) is 4.79 Å². The van der Waals surface area contributed by atoms with Crippen molar-refractivity contribution in [1.82, 2.24) is 14.3 Å². The minimum absolute atomic E-state index is 0.138. The van der Waals surface area contributed by atoms with E-state index in [0.717, 1.165) is 11.4 Å². The summed E-state index contributed by atoms with van der Waals surface area (Å²) >= 11 is 0. The van der Waals surface area contributed by atoms with Crippen LogP contribution in [0.2, 0.25) is 0 Å². The van der Waals surface area contributed by atoms with Gasteiger partial charge in [0.15, 0.2) is 5.82 Å². The van der Waals surface area contributed by atoms with Crippen molar-refractivity contribution in [3.05, 3.63) is 40.6 Å². The van der Waals surface area contributed by atoms with Gasteiger partial charge in [0.2, 0.25) is 0 Å². The van der Waals surface area contributed by atoms with Crippen molar-refractivity contribution in [2.24, 2.45) is 7.05 Å². The monoisotopic (exact) mass is 203 g/mol. The van der Waals surface area contributed by atoms with Crippen molar-refractivity contribution in [3.8, 4) is 11.4 Å². The average Bonchev–Trinajstić information content (AvgIpc) is 2.55. The number of rotatable bonds is 0. The maximum atomic E-state index is 11.8. The van der Waals surface area contributed by atoms with Crippen molar-refractivity contribution in [2.75, 3.05) is 0 Å². The van der Waals surface area contributed by atoms with Crippen LogP contribution in [-0.4, -0.2) is 14.3 Å². The molecule has 0 amide bonds. The van der Waals surface area contributed by atoms with E-state index in [4.69, 9.17) is 4.74 Å². The van der Waals surface area contributed by atoms with E-state index in [-0.39, 0.29) is 5.69 Å². The Morgan fingerprint density at radius 1 is 1.40 bits per heavy atom. The normalized spacial score (nSPS) is 12.9. The van der Waals surface area contributed by atoms with Gasteiger partial charge >= 0.3 is 5.69 Å². The molecule has 0 radical (unpaired) electrons. The number of nitrogens with zero attached hydrogens (tertiary/aromatic N) is 3. The van der Waals surface area contributed by atoms with E-state index in [1.54, 1.807) is 11.6 Å². The second kappa shape index (κ2) is 2.73. The van der Waals surface area contributed by atoms with Crippen LogP contribution in [0.15, 0.2) is 29.1 Å². The second-order valence-electron chi connectivity index (χ2n) is 3.41. The number of aromatic nitrogens is 3. The van der Waals surface area contributed by atoms with Crippen LogP contribution >= 0.6 is 0 Å². The number of para-hydroxylation sites is 2. The predicted octanol–water partition coefficient (Wildman–Crippen LogP) is 0.463. The van der Waals surface area contributed by atoms with Gasteiger partial charge in [-0.2, -0.15) is 5.10 Å². The van der Waals surface area contributed by atoms with E-state index in [0.29, 0.717) is 12.4 Å². The Kier molecular flexibility index (Phi) is 1.50. The molecule has 0 spiro atoms. The summed E-state index contributed by atoms with van der Waals surface area (Å²) in [6, 6.07) is 7.45. The summed E-state index contributed by atoms with van der Waals surface area (Å²) in [4.78, 5) is 11.8. The van der Waals surface area contributed by atoms with E-state index in [1.807, 2.05) is 24.3 Å². The largest absolute Gasteiger partial charge is 0.483 e. The van der Waals surface area contributed by atoms with Crippen LogP contribution in [0.4, 0.5) is 0 Å². The summed E-state index contributed by atoms with van der Waals surface area (Å²) in [6.45, 7) is 0.340. The molecule has 0 saturated carbocycles. The van der Waals surface area contributed by atoms with Crippen LogP contribution in [0.5, 0.6) is 5.75 Å². The van der Waals surface area contributed by atoms with Gasteiger partial charge in [0.1, 0.15) is 12.4 Å². The molecule has 0 aliphatic carbocycles. The molecule has 15 heavy (non-hydrogen) atoms. The van der Waals surface area contributed by atoms with E-state index < -0.39 is 0 Å². The third-order valence-corrected chi connectivity index (χ3v) is 2.45. The summed E-state index contributed by atoms with van der Waals surface area (Å²) < 4.78 is 8.39. The maximum Gasteiger partial charge on any atom is 0.350 e. The summed E-state index contributed by atoms with van der Waals surface area (Å²) in [5.41, 5.74) is 0.623. The van der Waals surface area contributed by atoms with Gasteiger partial charge in [0.05, 0.1) is 5.69 Å². The lowest BCUT2D eigenvalue weighted by molar-refractivity contribution is 0.278. The molecule has 0 N–H and O–H groups in total. The van der Waals surface area contributed by atoms with E-state index in [1.165, 1.54) is 4.68 Å². The molecule has 0 unspecified atom stereocenters. The molecule has 5 nitrogen and oxygen atoms in total. The van der Waals surface area contributed by atoms with Gasteiger partial charge in [0, 0.05) is 7.05 Å². The Morgan fingerprint density at radius 2 is 2.20 bits per heavy atom. The van der Waals surface area contributed by atoms with Gasteiger partial charge < -0.3 is 4.74 Å². The molecule has 0 atom stereocenters.